The highest BCUT2D eigenvalue weighted by molar-refractivity contribution is 9.10. The molecule has 0 aliphatic heterocycles. The number of nitrogens with one attached hydrogen (secondary N) is 1. The van der Waals surface area contributed by atoms with Crippen LogP contribution in [-0.2, 0) is 6.18 Å². The quantitative estimate of drug-likeness (QED) is 0.704. The van der Waals surface area contributed by atoms with Gasteiger partial charge in [-0.25, -0.2) is 0 Å². The predicted molar refractivity (Wildman–Crippen MR) is 83.4 cm³/mol. The maximum Gasteiger partial charge on any atom is 0.416 e. The van der Waals surface area contributed by atoms with Crippen molar-refractivity contribution in [2.24, 2.45) is 0 Å². The first-order valence-corrected chi connectivity index (χ1v) is 7.34. The van der Waals surface area contributed by atoms with E-state index in [0.29, 0.717) is 5.56 Å². The Kier molecular flexibility index (Phi) is 5.13. The molecular weight excluding hydrogens is 383 g/mol. The minimum Gasteiger partial charge on any atom is -0.376 e. The van der Waals surface area contributed by atoms with Crippen molar-refractivity contribution in [2.75, 3.05) is 11.9 Å². The number of benzene rings is 2. The van der Waals surface area contributed by atoms with Crippen LogP contribution in [0.2, 0.25) is 5.02 Å². The van der Waals surface area contributed by atoms with Crippen molar-refractivity contribution in [3.8, 4) is 0 Å². The minimum absolute atomic E-state index is 0.0713. The zero-order valence-electron chi connectivity index (χ0n) is 11.0. The molecule has 22 heavy (non-hydrogen) atoms. The number of carbonyl (C=O) groups excluding carboxylic acids is 1. The normalized spacial score (nSPS) is 11.3. The summed E-state index contributed by atoms with van der Waals surface area (Å²) in [6.07, 6.45) is -4.46. The van der Waals surface area contributed by atoms with E-state index in [1.807, 2.05) is 0 Å². The smallest absolute Gasteiger partial charge is 0.376 e. The molecule has 116 valence electrons. The van der Waals surface area contributed by atoms with Gasteiger partial charge in [0.1, 0.15) is 0 Å². The fraction of sp³-hybridized carbons (Fsp3) is 0.133. The van der Waals surface area contributed by atoms with Gasteiger partial charge in [-0.3, -0.25) is 4.79 Å². The van der Waals surface area contributed by atoms with E-state index >= 15 is 0 Å². The van der Waals surface area contributed by atoms with Crippen LogP contribution < -0.4 is 5.32 Å². The number of alkyl halides is 3. The molecule has 2 rings (SSSR count). The minimum atomic E-state index is -4.46. The summed E-state index contributed by atoms with van der Waals surface area (Å²) in [4.78, 5) is 12.0. The molecule has 0 fully saturated rings. The van der Waals surface area contributed by atoms with Crippen LogP contribution in [0.25, 0.3) is 0 Å². The van der Waals surface area contributed by atoms with Crippen molar-refractivity contribution in [2.45, 2.75) is 6.18 Å². The summed E-state index contributed by atoms with van der Waals surface area (Å²) in [6, 6.07) is 9.61. The molecule has 0 unspecified atom stereocenters. The third-order valence-electron chi connectivity index (χ3n) is 2.90. The van der Waals surface area contributed by atoms with Crippen molar-refractivity contribution < 1.29 is 18.0 Å². The average molecular weight is 393 g/mol. The number of carbonyl (C=O) groups is 1. The van der Waals surface area contributed by atoms with E-state index in [1.165, 1.54) is 0 Å². The zero-order valence-corrected chi connectivity index (χ0v) is 13.4. The van der Waals surface area contributed by atoms with Gasteiger partial charge in [0.15, 0.2) is 5.78 Å². The van der Waals surface area contributed by atoms with Gasteiger partial charge in [0.25, 0.3) is 0 Å². The molecule has 2 aromatic rings. The van der Waals surface area contributed by atoms with Crippen molar-refractivity contribution in [3.63, 3.8) is 0 Å². The molecular formula is C15H10BrClF3NO. The first-order valence-electron chi connectivity index (χ1n) is 6.17. The monoisotopic (exact) mass is 391 g/mol. The van der Waals surface area contributed by atoms with Crippen LogP contribution in [-0.4, -0.2) is 12.3 Å². The fourth-order valence-corrected chi connectivity index (χ4v) is 2.20. The van der Waals surface area contributed by atoms with E-state index < -0.39 is 11.7 Å². The first kappa shape index (κ1) is 16.8. The molecule has 0 aliphatic rings. The average Bonchev–Trinajstić information content (AvgIpc) is 2.45. The fourth-order valence-electron chi connectivity index (χ4n) is 1.75. The van der Waals surface area contributed by atoms with Gasteiger partial charge in [0.2, 0.25) is 0 Å². The lowest BCUT2D eigenvalue weighted by Gasteiger charge is -2.12. The summed E-state index contributed by atoms with van der Waals surface area (Å²) in [5.41, 5.74) is -0.295. The van der Waals surface area contributed by atoms with E-state index in [1.54, 1.807) is 24.3 Å². The second-order valence-electron chi connectivity index (χ2n) is 4.48. The lowest BCUT2D eigenvalue weighted by Crippen LogP contribution is -2.15. The highest BCUT2D eigenvalue weighted by Gasteiger charge is 2.30. The Bertz CT molecular complexity index is 686. The van der Waals surface area contributed by atoms with Crippen LogP contribution in [0.3, 0.4) is 0 Å². The Morgan fingerprint density at radius 2 is 1.77 bits per heavy atom. The third-order valence-corrected chi connectivity index (χ3v) is 3.76. The largest absolute Gasteiger partial charge is 0.416 e. The number of hydrogen-bond donors (Lipinski definition) is 1. The second kappa shape index (κ2) is 6.71. The predicted octanol–water partition coefficient (Wildman–Crippen LogP) is 5.42. The van der Waals surface area contributed by atoms with E-state index in [2.05, 4.69) is 21.2 Å². The van der Waals surface area contributed by atoms with Gasteiger partial charge in [-0.2, -0.15) is 13.2 Å². The zero-order chi connectivity index (χ0) is 16.3. The SMILES string of the molecule is O=C(CNc1cc(C(F)(F)F)ccc1Cl)c1ccc(Br)cc1. The molecule has 2 nitrogen and oxygen atoms in total. The lowest BCUT2D eigenvalue weighted by molar-refractivity contribution is -0.137. The second-order valence-corrected chi connectivity index (χ2v) is 5.80. The number of rotatable bonds is 4. The van der Waals surface area contributed by atoms with E-state index in [4.69, 9.17) is 11.6 Å². The molecule has 0 heterocycles. The van der Waals surface area contributed by atoms with Gasteiger partial charge in [0.05, 0.1) is 22.8 Å². The number of ketones is 1. The van der Waals surface area contributed by atoms with Gasteiger partial charge in [-0.05, 0) is 30.3 Å². The van der Waals surface area contributed by atoms with Crippen LogP contribution >= 0.6 is 27.5 Å². The summed E-state index contributed by atoms with van der Waals surface area (Å²) in [6.45, 7) is -0.150. The van der Waals surface area contributed by atoms with E-state index in [0.717, 1.165) is 22.7 Å². The van der Waals surface area contributed by atoms with Crippen LogP contribution in [0.4, 0.5) is 18.9 Å². The Hall–Kier alpha value is -1.53. The molecule has 2 aromatic carbocycles. The Morgan fingerprint density at radius 1 is 1.14 bits per heavy atom. The van der Waals surface area contributed by atoms with Crippen LogP contribution in [0.5, 0.6) is 0 Å². The molecule has 7 heteroatoms. The van der Waals surface area contributed by atoms with Crippen LogP contribution in [0.1, 0.15) is 15.9 Å². The first-order chi connectivity index (χ1) is 10.3. The van der Waals surface area contributed by atoms with Gasteiger partial charge in [0, 0.05) is 10.0 Å². The summed E-state index contributed by atoms with van der Waals surface area (Å²) in [5, 5.41) is 2.77. The Labute approximate surface area is 138 Å². The molecule has 0 saturated carbocycles. The standard InChI is InChI=1S/C15H10BrClF3NO/c16-11-4-1-9(2-5-11)14(22)8-21-13-7-10(15(18,19)20)3-6-12(13)17/h1-7,21H,8H2. The van der Waals surface area contributed by atoms with Crippen molar-refractivity contribution in [1.29, 1.82) is 0 Å². The topological polar surface area (TPSA) is 29.1 Å². The summed E-state index contributed by atoms with van der Waals surface area (Å²) < 4.78 is 38.8. The van der Waals surface area contributed by atoms with Crippen molar-refractivity contribution in [1.82, 2.24) is 0 Å². The van der Waals surface area contributed by atoms with Gasteiger partial charge < -0.3 is 5.32 Å². The molecule has 0 saturated heterocycles. The maximum atomic E-state index is 12.7. The molecule has 0 aliphatic carbocycles. The van der Waals surface area contributed by atoms with Crippen LogP contribution in [0, 0.1) is 0 Å². The number of hydrogen-bond acceptors (Lipinski definition) is 2. The molecule has 0 spiro atoms. The molecule has 0 radical (unpaired) electrons. The number of halogens is 5. The lowest BCUT2D eigenvalue weighted by atomic mass is 10.1. The van der Waals surface area contributed by atoms with Crippen LogP contribution in [0.15, 0.2) is 46.9 Å². The molecule has 0 aromatic heterocycles. The summed E-state index contributed by atoms with van der Waals surface area (Å²) >= 11 is 9.10. The maximum absolute atomic E-state index is 12.7. The molecule has 1 N–H and O–H groups in total. The number of Topliss-reactive ketones (excluding diaryl/α,β-unsaturated/α-hetero) is 1. The van der Waals surface area contributed by atoms with Crippen molar-refractivity contribution in [3.05, 3.63) is 63.1 Å². The third kappa shape index (κ3) is 4.24. The van der Waals surface area contributed by atoms with Gasteiger partial charge in [-0.1, -0.05) is 39.7 Å². The van der Waals surface area contributed by atoms with Crippen molar-refractivity contribution >= 4 is 39.0 Å². The summed E-state index contributed by atoms with van der Waals surface area (Å²) in [7, 11) is 0. The van der Waals surface area contributed by atoms with Gasteiger partial charge >= 0.3 is 6.18 Å². The highest BCUT2D eigenvalue weighted by atomic mass is 79.9. The van der Waals surface area contributed by atoms with Gasteiger partial charge in [-0.15, -0.1) is 0 Å². The molecule has 0 atom stereocenters. The Balaban J connectivity index is 2.11. The molecule has 0 amide bonds. The number of anilines is 1. The molecule has 0 bridgehead atoms. The van der Waals surface area contributed by atoms with E-state index in [-0.39, 0.29) is 23.0 Å². The Morgan fingerprint density at radius 3 is 2.36 bits per heavy atom. The van der Waals surface area contributed by atoms with E-state index in [9.17, 15) is 18.0 Å². The summed E-state index contributed by atoms with van der Waals surface area (Å²) in [5.74, 6) is -0.249. The highest BCUT2D eigenvalue weighted by Crippen LogP contribution is 2.33.